The maximum Gasteiger partial charge on any atom is 0.221 e. The molecule has 1 fully saturated rings. The second kappa shape index (κ2) is 6.83. The third-order valence-corrected chi connectivity index (χ3v) is 3.95. The molecule has 0 spiro atoms. The van der Waals surface area contributed by atoms with Crippen LogP contribution in [0.3, 0.4) is 0 Å². The summed E-state index contributed by atoms with van der Waals surface area (Å²) in [6, 6.07) is 6.99. The molecule has 1 atom stereocenters. The number of amides is 1. The van der Waals surface area contributed by atoms with Gasteiger partial charge >= 0.3 is 0 Å². The quantitative estimate of drug-likeness (QED) is 0.853. The predicted octanol–water partition coefficient (Wildman–Crippen LogP) is 1.46. The Kier molecular flexibility index (Phi) is 5.09. The topological polar surface area (TPSA) is 52.7 Å². The van der Waals surface area contributed by atoms with E-state index in [4.69, 9.17) is 0 Å². The first kappa shape index (κ1) is 15.7. The Labute approximate surface area is 125 Å². The number of carbonyl (C=O) groups excluding carboxylic acids is 2. The van der Waals surface area contributed by atoms with Crippen LogP contribution in [-0.2, 0) is 4.79 Å². The fourth-order valence-corrected chi connectivity index (χ4v) is 2.54. The van der Waals surface area contributed by atoms with Gasteiger partial charge in [0.1, 0.15) is 0 Å². The zero-order valence-electron chi connectivity index (χ0n) is 12.9. The summed E-state index contributed by atoms with van der Waals surface area (Å²) in [5.74, 6) is 0.0220. The van der Waals surface area contributed by atoms with Gasteiger partial charge in [-0.15, -0.1) is 0 Å². The molecular formula is C16H23N3O2. The van der Waals surface area contributed by atoms with Gasteiger partial charge in [-0.1, -0.05) is 0 Å². The monoisotopic (exact) mass is 289 g/mol. The van der Waals surface area contributed by atoms with Crippen molar-refractivity contribution in [3.8, 4) is 0 Å². The van der Waals surface area contributed by atoms with Gasteiger partial charge < -0.3 is 10.2 Å². The van der Waals surface area contributed by atoms with E-state index in [9.17, 15) is 9.59 Å². The van der Waals surface area contributed by atoms with Crippen LogP contribution in [0, 0.1) is 0 Å². The summed E-state index contributed by atoms with van der Waals surface area (Å²) in [7, 11) is 2.10. The number of benzene rings is 1. The van der Waals surface area contributed by atoms with Gasteiger partial charge in [0.05, 0.1) is 6.04 Å². The number of piperazine rings is 1. The van der Waals surface area contributed by atoms with Gasteiger partial charge in [-0.05, 0) is 38.2 Å². The zero-order valence-corrected chi connectivity index (χ0v) is 12.9. The number of hydrogen-bond acceptors (Lipinski definition) is 4. The van der Waals surface area contributed by atoms with E-state index in [0.717, 1.165) is 26.2 Å². The van der Waals surface area contributed by atoms with Crippen LogP contribution in [0.5, 0.6) is 0 Å². The van der Waals surface area contributed by atoms with E-state index >= 15 is 0 Å². The Morgan fingerprint density at radius 3 is 2.19 bits per heavy atom. The highest BCUT2D eigenvalue weighted by Crippen LogP contribution is 2.14. The standard InChI is InChI=1S/C16H23N3O2/c1-12(19-10-8-18(3)9-11-19)16(21)14-4-6-15(7-5-14)17-13(2)20/h4-7,12H,8-11H2,1-3H3,(H,17,20)/t12-/m0/s1. The average Bonchev–Trinajstić information content (AvgIpc) is 2.47. The summed E-state index contributed by atoms with van der Waals surface area (Å²) in [5.41, 5.74) is 1.40. The minimum atomic E-state index is -0.111. The van der Waals surface area contributed by atoms with E-state index in [2.05, 4.69) is 22.2 Å². The Hall–Kier alpha value is -1.72. The molecule has 5 nitrogen and oxygen atoms in total. The van der Waals surface area contributed by atoms with E-state index in [1.807, 2.05) is 6.92 Å². The Bertz CT molecular complexity index is 505. The summed E-state index contributed by atoms with van der Waals surface area (Å²) < 4.78 is 0. The molecule has 1 N–H and O–H groups in total. The SMILES string of the molecule is CC(=O)Nc1ccc(C(=O)[C@H](C)N2CCN(C)CC2)cc1. The number of hydrogen-bond donors (Lipinski definition) is 1. The molecule has 1 aromatic rings. The molecule has 0 aromatic heterocycles. The lowest BCUT2D eigenvalue weighted by molar-refractivity contribution is -0.114. The Balaban J connectivity index is 2.00. The molecule has 1 saturated heterocycles. The maximum atomic E-state index is 12.5. The number of rotatable bonds is 4. The van der Waals surface area contributed by atoms with Crippen LogP contribution >= 0.6 is 0 Å². The number of carbonyl (C=O) groups is 2. The Morgan fingerprint density at radius 1 is 1.10 bits per heavy atom. The third kappa shape index (κ3) is 4.12. The second-order valence-corrected chi connectivity index (χ2v) is 5.64. The molecule has 1 aliphatic heterocycles. The van der Waals surface area contributed by atoms with Crippen LogP contribution < -0.4 is 5.32 Å². The number of ketones is 1. The van der Waals surface area contributed by atoms with Crippen molar-refractivity contribution >= 4 is 17.4 Å². The molecule has 21 heavy (non-hydrogen) atoms. The van der Waals surface area contributed by atoms with Crippen molar-refractivity contribution < 1.29 is 9.59 Å². The van der Waals surface area contributed by atoms with E-state index in [-0.39, 0.29) is 17.7 Å². The fraction of sp³-hybridized carbons (Fsp3) is 0.500. The predicted molar refractivity (Wildman–Crippen MR) is 83.6 cm³/mol. The molecule has 114 valence electrons. The summed E-state index contributed by atoms with van der Waals surface area (Å²) in [5, 5.41) is 2.70. The minimum absolute atomic E-state index is 0.106. The lowest BCUT2D eigenvalue weighted by atomic mass is 10.0. The number of nitrogens with zero attached hydrogens (tertiary/aromatic N) is 2. The van der Waals surface area contributed by atoms with Crippen molar-refractivity contribution in [1.82, 2.24) is 9.80 Å². The normalized spacial score (nSPS) is 18.2. The largest absolute Gasteiger partial charge is 0.326 e. The number of likely N-dealkylation sites (N-methyl/N-ethyl adjacent to an activating group) is 1. The number of Topliss-reactive ketones (excluding diaryl/α,β-unsaturated/α-hetero) is 1. The van der Waals surface area contributed by atoms with Crippen LogP contribution in [-0.4, -0.2) is 60.8 Å². The van der Waals surface area contributed by atoms with Crippen LogP contribution in [0.15, 0.2) is 24.3 Å². The number of anilines is 1. The van der Waals surface area contributed by atoms with Gasteiger partial charge in [0.15, 0.2) is 5.78 Å². The minimum Gasteiger partial charge on any atom is -0.326 e. The van der Waals surface area contributed by atoms with Crippen molar-refractivity contribution in [2.24, 2.45) is 0 Å². The first-order valence-electron chi connectivity index (χ1n) is 7.32. The Morgan fingerprint density at radius 2 is 1.67 bits per heavy atom. The van der Waals surface area contributed by atoms with E-state index in [0.29, 0.717) is 11.3 Å². The van der Waals surface area contributed by atoms with E-state index in [1.165, 1.54) is 6.92 Å². The molecule has 5 heteroatoms. The van der Waals surface area contributed by atoms with E-state index in [1.54, 1.807) is 24.3 Å². The van der Waals surface area contributed by atoms with Crippen molar-refractivity contribution in [3.63, 3.8) is 0 Å². The summed E-state index contributed by atoms with van der Waals surface area (Å²) in [4.78, 5) is 28.0. The highest BCUT2D eigenvalue weighted by Gasteiger charge is 2.25. The summed E-state index contributed by atoms with van der Waals surface area (Å²) >= 11 is 0. The molecule has 1 aliphatic rings. The van der Waals surface area contributed by atoms with Crippen LogP contribution in [0.25, 0.3) is 0 Å². The van der Waals surface area contributed by atoms with Crippen molar-refractivity contribution in [2.45, 2.75) is 19.9 Å². The van der Waals surface area contributed by atoms with E-state index < -0.39 is 0 Å². The first-order valence-corrected chi connectivity index (χ1v) is 7.32. The number of nitrogens with one attached hydrogen (secondary N) is 1. The highest BCUT2D eigenvalue weighted by molar-refractivity contribution is 6.00. The van der Waals surface area contributed by atoms with Gasteiger partial charge in [-0.2, -0.15) is 0 Å². The maximum absolute atomic E-state index is 12.5. The molecule has 0 aliphatic carbocycles. The van der Waals surface area contributed by atoms with Gasteiger partial charge in [0, 0.05) is 44.4 Å². The summed E-state index contributed by atoms with van der Waals surface area (Å²) in [6.45, 7) is 7.28. The van der Waals surface area contributed by atoms with Gasteiger partial charge in [0.25, 0.3) is 0 Å². The first-order chi connectivity index (χ1) is 9.97. The molecule has 1 amide bonds. The second-order valence-electron chi connectivity index (χ2n) is 5.64. The zero-order chi connectivity index (χ0) is 15.4. The van der Waals surface area contributed by atoms with Crippen molar-refractivity contribution in [3.05, 3.63) is 29.8 Å². The molecule has 2 rings (SSSR count). The molecule has 1 aromatic carbocycles. The van der Waals surface area contributed by atoms with Crippen LogP contribution in [0.4, 0.5) is 5.69 Å². The lowest BCUT2D eigenvalue weighted by Gasteiger charge is -2.35. The van der Waals surface area contributed by atoms with Crippen LogP contribution in [0.1, 0.15) is 24.2 Å². The van der Waals surface area contributed by atoms with Crippen molar-refractivity contribution in [2.75, 3.05) is 38.5 Å². The van der Waals surface area contributed by atoms with Gasteiger partial charge in [-0.25, -0.2) is 0 Å². The molecular weight excluding hydrogens is 266 g/mol. The van der Waals surface area contributed by atoms with Gasteiger partial charge in [0.2, 0.25) is 5.91 Å². The van der Waals surface area contributed by atoms with Crippen LogP contribution in [0.2, 0.25) is 0 Å². The molecule has 0 bridgehead atoms. The molecule has 0 saturated carbocycles. The smallest absolute Gasteiger partial charge is 0.221 e. The third-order valence-electron chi connectivity index (χ3n) is 3.95. The highest BCUT2D eigenvalue weighted by atomic mass is 16.1. The van der Waals surface area contributed by atoms with Crippen molar-refractivity contribution in [1.29, 1.82) is 0 Å². The molecule has 1 heterocycles. The molecule has 0 unspecified atom stereocenters. The summed E-state index contributed by atoms with van der Waals surface area (Å²) in [6.07, 6.45) is 0. The fourth-order valence-electron chi connectivity index (χ4n) is 2.54. The average molecular weight is 289 g/mol. The molecule has 0 radical (unpaired) electrons. The van der Waals surface area contributed by atoms with Gasteiger partial charge in [-0.3, -0.25) is 14.5 Å². The lowest BCUT2D eigenvalue weighted by Crippen LogP contribution is -2.50.